The van der Waals surface area contributed by atoms with Gasteiger partial charge in [-0.2, -0.15) is 0 Å². The maximum absolute atomic E-state index is 13.5. The second kappa shape index (κ2) is 34.8. The Kier molecular flexibility index (Phi) is 25.4. The summed E-state index contributed by atoms with van der Waals surface area (Å²) in [7, 11) is -8.15. The van der Waals surface area contributed by atoms with Gasteiger partial charge in [0.1, 0.15) is 0 Å². The van der Waals surface area contributed by atoms with Crippen molar-refractivity contribution >= 4 is 78.1 Å². The number of sulfonamides is 2. The van der Waals surface area contributed by atoms with Gasteiger partial charge >= 0.3 is 0 Å². The Labute approximate surface area is 703 Å². The molecule has 4 heterocycles. The van der Waals surface area contributed by atoms with Gasteiger partial charge in [0, 0.05) is 159 Å². The highest BCUT2D eigenvalue weighted by Gasteiger charge is 2.68. The Morgan fingerprint density at radius 2 is 0.871 bits per heavy atom. The van der Waals surface area contributed by atoms with E-state index in [1.54, 1.807) is 59.7 Å². The quantitative estimate of drug-likeness (QED) is 0.0248. The summed E-state index contributed by atoms with van der Waals surface area (Å²) >= 11 is 3.67. The summed E-state index contributed by atoms with van der Waals surface area (Å²) in [5.41, 5.74) is 16.5. The molecule has 6 saturated carbocycles. The zero-order valence-corrected chi connectivity index (χ0v) is 74.2. The first kappa shape index (κ1) is 84.4. The lowest BCUT2D eigenvalue weighted by molar-refractivity contribution is -0.167. The van der Waals surface area contributed by atoms with Crippen molar-refractivity contribution in [2.75, 3.05) is 137 Å². The van der Waals surface area contributed by atoms with Crippen molar-refractivity contribution in [2.45, 2.75) is 204 Å². The average molecular weight is 1650 g/mol. The molecule has 0 radical (unpaired) electrons. The lowest BCUT2D eigenvalue weighted by Crippen LogP contribution is -2.61. The molecule has 0 spiro atoms. The predicted octanol–water partition coefficient (Wildman–Crippen LogP) is 18.5. The number of hydrogen-bond acceptors (Lipinski definition) is 16. The van der Waals surface area contributed by atoms with E-state index in [0.717, 1.165) is 175 Å². The number of thioether (sulfide) groups is 2. The van der Waals surface area contributed by atoms with E-state index in [9.17, 15) is 26.4 Å². The van der Waals surface area contributed by atoms with E-state index in [-0.39, 0.29) is 21.9 Å². The average Bonchev–Trinajstić information content (AvgIpc) is 0.679. The van der Waals surface area contributed by atoms with Crippen LogP contribution in [0, 0.1) is 58.2 Å². The van der Waals surface area contributed by atoms with Crippen molar-refractivity contribution in [1.29, 1.82) is 0 Å². The molecule has 4 aliphatic heterocycles. The van der Waals surface area contributed by atoms with Crippen LogP contribution in [0.4, 0.5) is 22.7 Å². The lowest BCUT2D eigenvalue weighted by atomic mass is 9.33. The fourth-order valence-electron chi connectivity index (χ4n) is 21.7. The third kappa shape index (κ3) is 20.2. The van der Waals surface area contributed by atoms with Crippen LogP contribution in [-0.4, -0.2) is 177 Å². The van der Waals surface area contributed by atoms with E-state index in [4.69, 9.17) is 0 Å². The Morgan fingerprint density at radius 1 is 0.457 bits per heavy atom. The van der Waals surface area contributed by atoms with Gasteiger partial charge in [0.2, 0.25) is 0 Å². The van der Waals surface area contributed by atoms with E-state index in [1.165, 1.54) is 99.7 Å². The number of allylic oxidation sites excluding steroid dienone is 2. The predicted molar refractivity (Wildman–Crippen MR) is 479 cm³/mol. The Morgan fingerprint density at radius 3 is 1.30 bits per heavy atom. The second-order valence-corrected chi connectivity index (χ2v) is 45.0. The molecule has 6 aromatic rings. The number of aryl methyl sites for hydroxylation is 2. The zero-order valence-electron chi connectivity index (χ0n) is 71.0. The van der Waals surface area contributed by atoms with Gasteiger partial charge in [-0.1, -0.05) is 114 Å². The van der Waals surface area contributed by atoms with Gasteiger partial charge in [0.15, 0.2) is 0 Å². The molecule has 16 nitrogen and oxygen atoms in total. The smallest absolute Gasteiger partial charge is 0.264 e. The maximum atomic E-state index is 13.5. The van der Waals surface area contributed by atoms with Crippen LogP contribution in [0.1, 0.15) is 190 Å². The van der Waals surface area contributed by atoms with Crippen molar-refractivity contribution < 1.29 is 26.4 Å². The summed E-state index contributed by atoms with van der Waals surface area (Å²) < 4.78 is 58.6. The van der Waals surface area contributed by atoms with E-state index in [2.05, 4.69) is 153 Å². The van der Waals surface area contributed by atoms with E-state index in [0.29, 0.717) is 43.6 Å². The van der Waals surface area contributed by atoms with Crippen molar-refractivity contribution in [3.05, 3.63) is 190 Å². The van der Waals surface area contributed by atoms with Crippen molar-refractivity contribution in [3.63, 3.8) is 0 Å². The molecule has 6 aromatic carbocycles. The number of piperidine rings is 1. The standard InChI is InChI=1S/C49H67N5O3S2.C47H63N5O3S2/c1-36-18-22-52(23-19-36)24-20-40(32-58-42-9-7-6-8-10-42)50-45-16-15-43(29-37(45)2)59(56,57)51-46(55)38-11-13-41(14-12-38)54-27-25-53(26-28-54)31-39-30-47(3,4)21-17-44(39)49-33-48(5,34-49)35-49;1-34-27-51(28-34)20-18-38(30-56-40-9-7-6-8-10-40)48-43-16-15-41(25-35(43)2)57(54,55)49-44(53)36-11-13-39(14-12-36)52-23-21-50(22-24-52)29-37-17-19-45(3,4)26-42(37)47-31-46(5,32-47)33-47/h6-16,29,36,40,50H,17-28,30-35H2,1-5H3,(H,51,55);6-16,25,34,38,48H,17-24,26-33H2,1-5H3,(H,49,53)/t40-,48?,49?;38-,46?,47?/m11/s1. The van der Waals surface area contributed by atoms with Crippen molar-refractivity contribution in [1.82, 2.24) is 29.0 Å². The van der Waals surface area contributed by atoms with Crippen molar-refractivity contribution in [2.24, 2.45) is 44.3 Å². The molecule has 18 rings (SSSR count). The molecule has 116 heavy (non-hydrogen) atoms. The summed E-state index contributed by atoms with van der Waals surface area (Å²) in [5.74, 6) is 2.12. The number of carbonyl (C=O) groups is 2. The molecule has 10 fully saturated rings. The van der Waals surface area contributed by atoms with Crippen LogP contribution in [0.5, 0.6) is 0 Å². The van der Waals surface area contributed by atoms with Crippen LogP contribution in [0.25, 0.3) is 0 Å². The highest BCUT2D eigenvalue weighted by Crippen LogP contribution is 2.78. The maximum Gasteiger partial charge on any atom is 0.264 e. The monoisotopic (exact) mass is 1650 g/mol. The molecule has 2 atom stereocenters. The van der Waals surface area contributed by atoms with Crippen LogP contribution >= 0.6 is 23.5 Å². The van der Waals surface area contributed by atoms with Crippen LogP contribution in [-0.2, 0) is 20.0 Å². The number of piperazine rings is 2. The fraction of sp³-hybridized carbons (Fsp3) is 0.562. The van der Waals surface area contributed by atoms with Gasteiger partial charge in [-0.25, -0.2) is 26.3 Å². The van der Waals surface area contributed by atoms with Gasteiger partial charge < -0.3 is 30.2 Å². The van der Waals surface area contributed by atoms with Gasteiger partial charge in [-0.3, -0.25) is 19.4 Å². The molecule has 2 amide bonds. The molecular formula is C96H130N10O6S4. The summed E-state index contributed by atoms with van der Waals surface area (Å²) in [6.45, 7) is 39.9. The Hall–Kier alpha value is -6.62. The fourth-order valence-corrected chi connectivity index (χ4v) is 25.8. The Balaban J connectivity index is 0.000000182. The molecule has 4 N–H and O–H groups in total. The van der Waals surface area contributed by atoms with Crippen LogP contribution < -0.4 is 29.9 Å². The van der Waals surface area contributed by atoms with Gasteiger partial charge in [0.25, 0.3) is 31.9 Å². The number of hydrogen-bond donors (Lipinski definition) is 4. The number of likely N-dealkylation sites (tertiary alicyclic amines) is 2. The first-order valence-corrected chi connectivity index (χ1v) is 48.5. The molecule has 4 bridgehead atoms. The minimum Gasteiger partial charge on any atom is -0.381 e. The van der Waals surface area contributed by atoms with Crippen LogP contribution in [0.15, 0.2) is 187 Å². The number of amides is 2. The first-order chi connectivity index (χ1) is 55.3. The van der Waals surface area contributed by atoms with Gasteiger partial charge in [-0.05, 0) is 294 Å². The van der Waals surface area contributed by atoms with Gasteiger partial charge in [0.05, 0.1) is 9.79 Å². The topological polar surface area (TPSA) is 170 Å². The number of benzene rings is 6. The Bertz CT molecular complexity index is 4730. The minimum atomic E-state index is -4.08. The van der Waals surface area contributed by atoms with E-state index >= 15 is 0 Å². The number of anilines is 4. The number of carbonyl (C=O) groups excluding carboxylic acids is 2. The van der Waals surface area contributed by atoms with E-state index < -0.39 is 31.9 Å². The largest absolute Gasteiger partial charge is 0.381 e. The highest BCUT2D eigenvalue weighted by atomic mass is 32.2. The molecule has 4 saturated heterocycles. The number of nitrogens with one attached hydrogen (secondary N) is 4. The highest BCUT2D eigenvalue weighted by molar-refractivity contribution is 7.99. The molecular weight excluding hydrogens is 1520 g/mol. The molecule has 0 aromatic heterocycles. The first-order valence-electron chi connectivity index (χ1n) is 43.6. The third-order valence-electron chi connectivity index (χ3n) is 28.0. The number of rotatable bonds is 30. The summed E-state index contributed by atoms with van der Waals surface area (Å²) in [4.78, 5) is 44.3. The van der Waals surface area contributed by atoms with Crippen molar-refractivity contribution in [3.8, 4) is 0 Å². The van der Waals surface area contributed by atoms with Crippen LogP contribution in [0.3, 0.4) is 0 Å². The lowest BCUT2D eigenvalue weighted by Gasteiger charge is -2.72. The molecule has 8 aliphatic carbocycles. The summed E-state index contributed by atoms with van der Waals surface area (Å²) in [6.07, 6.45) is 20.6. The van der Waals surface area contributed by atoms with E-state index in [1.807, 2.05) is 97.0 Å². The second-order valence-electron chi connectivity index (χ2n) is 39.4. The van der Waals surface area contributed by atoms with Gasteiger partial charge in [-0.15, -0.1) is 23.5 Å². The zero-order chi connectivity index (χ0) is 81.4. The molecule has 624 valence electrons. The SMILES string of the molecule is Cc1cc(S(=O)(=O)NC(=O)c2ccc(N3CCN(CC4=C(C56CC(C)(C5)C6)CC(C)(C)CC4)CC3)cc2)ccc1N[C@H](CCN1CC(C)C1)CSc1ccccc1.Cc1cc(S(=O)(=O)NC(=O)c2ccc(N3CCN(CC4=C(C56CC(C)(C5)C6)CCC(C)(C)C4)CC3)cc2)ccc1N[C@H](CCN1CCC(C)CC1)CSc1ccccc1. The molecule has 20 heteroatoms. The summed E-state index contributed by atoms with van der Waals surface area (Å²) in [5, 5.41) is 7.45. The minimum absolute atomic E-state index is 0.0801. The summed E-state index contributed by atoms with van der Waals surface area (Å²) in [6, 6.07) is 46.3. The molecule has 0 unspecified atom stereocenters. The number of nitrogens with zero attached hydrogens (tertiary/aromatic N) is 6. The molecule has 12 aliphatic rings. The third-order valence-corrected chi connectivity index (χ3v) is 33.0. The van der Waals surface area contributed by atoms with Crippen LogP contribution in [0.2, 0.25) is 0 Å². The normalized spacial score (nSPS) is 25.6.